The van der Waals surface area contributed by atoms with Gasteiger partial charge in [-0.25, -0.2) is 4.68 Å². The largest absolute Gasteiger partial charge is 0.383 e. The molecular weight excluding hydrogens is 260 g/mol. The van der Waals surface area contributed by atoms with E-state index in [0.717, 1.165) is 11.3 Å². The predicted octanol–water partition coefficient (Wildman–Crippen LogP) is 3.10. The summed E-state index contributed by atoms with van der Waals surface area (Å²) >= 11 is 0. The van der Waals surface area contributed by atoms with Gasteiger partial charge in [-0.3, -0.25) is 0 Å². The van der Waals surface area contributed by atoms with E-state index < -0.39 is 0 Å². The van der Waals surface area contributed by atoms with Crippen molar-refractivity contribution < 1.29 is 0 Å². The van der Waals surface area contributed by atoms with Gasteiger partial charge in [-0.05, 0) is 22.8 Å². The number of fused-ring (bicyclic) bond motifs is 1. The average Bonchev–Trinajstić information content (AvgIpc) is 2.83. The minimum atomic E-state index is 0.447. The molecule has 104 valence electrons. The highest BCUT2D eigenvalue weighted by Crippen LogP contribution is 2.22. The fraction of sp³-hybridized carbons (Fsp3) is 0.176. The van der Waals surface area contributed by atoms with E-state index in [2.05, 4.69) is 35.4 Å². The van der Waals surface area contributed by atoms with E-state index in [1.54, 1.807) is 4.68 Å². The molecule has 4 nitrogen and oxygen atoms in total. The molecule has 0 aliphatic rings. The van der Waals surface area contributed by atoms with E-state index in [0.29, 0.717) is 24.3 Å². The molecule has 2 aromatic carbocycles. The van der Waals surface area contributed by atoms with Gasteiger partial charge in [0.1, 0.15) is 17.5 Å². The molecule has 4 heteroatoms. The van der Waals surface area contributed by atoms with E-state index in [1.165, 1.54) is 10.8 Å². The van der Waals surface area contributed by atoms with Crippen LogP contribution in [0.2, 0.25) is 0 Å². The molecule has 0 unspecified atom stereocenters. The highest BCUT2D eigenvalue weighted by Gasteiger charge is 2.14. The lowest BCUT2D eigenvalue weighted by Crippen LogP contribution is -2.06. The Balaban J connectivity index is 2.08. The molecule has 0 saturated heterocycles. The first-order chi connectivity index (χ1) is 10.2. The summed E-state index contributed by atoms with van der Waals surface area (Å²) in [4.78, 5) is 0. The van der Waals surface area contributed by atoms with E-state index in [1.807, 2.05) is 25.1 Å². The quantitative estimate of drug-likeness (QED) is 0.799. The summed E-state index contributed by atoms with van der Waals surface area (Å²) in [6, 6.07) is 16.6. The lowest BCUT2D eigenvalue weighted by molar-refractivity contribution is 0.686. The third-order valence-corrected chi connectivity index (χ3v) is 3.71. The minimum absolute atomic E-state index is 0.447. The second kappa shape index (κ2) is 5.29. The van der Waals surface area contributed by atoms with Crippen molar-refractivity contribution in [2.24, 2.45) is 0 Å². The molecule has 0 aliphatic carbocycles. The Morgan fingerprint density at radius 2 is 1.95 bits per heavy atom. The maximum absolute atomic E-state index is 9.20. The number of hydrogen-bond donors (Lipinski definition) is 1. The standard InChI is InChI=1S/C17H16N4/c1-2-16-15(10-18)17(19)21(20-16)11-13-8-5-7-12-6-3-4-9-14(12)13/h3-9H,2,11,19H2,1H3. The summed E-state index contributed by atoms with van der Waals surface area (Å²) in [7, 11) is 0. The number of nitrogens with two attached hydrogens (primary N) is 1. The summed E-state index contributed by atoms with van der Waals surface area (Å²) in [6.45, 7) is 2.55. The molecule has 0 amide bonds. The van der Waals surface area contributed by atoms with Crippen molar-refractivity contribution in [1.82, 2.24) is 9.78 Å². The number of anilines is 1. The van der Waals surface area contributed by atoms with E-state index in [4.69, 9.17) is 5.73 Å². The Morgan fingerprint density at radius 1 is 1.19 bits per heavy atom. The molecule has 2 N–H and O–H groups in total. The molecule has 0 atom stereocenters. The van der Waals surface area contributed by atoms with E-state index >= 15 is 0 Å². The Bertz CT molecular complexity index is 834. The van der Waals surface area contributed by atoms with Gasteiger partial charge < -0.3 is 5.73 Å². The van der Waals surface area contributed by atoms with Crippen LogP contribution in [0.3, 0.4) is 0 Å². The molecule has 0 spiro atoms. The Morgan fingerprint density at radius 3 is 2.67 bits per heavy atom. The van der Waals surface area contributed by atoms with Crippen molar-refractivity contribution in [3.8, 4) is 6.07 Å². The zero-order valence-electron chi connectivity index (χ0n) is 11.9. The van der Waals surface area contributed by atoms with Gasteiger partial charge in [0, 0.05) is 0 Å². The van der Waals surface area contributed by atoms with Gasteiger partial charge in [0.25, 0.3) is 0 Å². The second-order valence-corrected chi connectivity index (χ2v) is 4.97. The third-order valence-electron chi connectivity index (χ3n) is 3.71. The molecule has 0 saturated carbocycles. The number of aromatic nitrogens is 2. The number of nitrogen functional groups attached to an aromatic ring is 1. The molecule has 3 aromatic rings. The lowest BCUT2D eigenvalue weighted by Gasteiger charge is -2.08. The van der Waals surface area contributed by atoms with Gasteiger partial charge in [0.2, 0.25) is 0 Å². The smallest absolute Gasteiger partial charge is 0.140 e. The zero-order chi connectivity index (χ0) is 14.8. The molecule has 21 heavy (non-hydrogen) atoms. The SMILES string of the molecule is CCc1nn(Cc2cccc3ccccc23)c(N)c1C#N. The highest BCUT2D eigenvalue weighted by atomic mass is 15.3. The van der Waals surface area contributed by atoms with Crippen molar-refractivity contribution in [3.05, 3.63) is 59.3 Å². The van der Waals surface area contributed by atoms with Crippen LogP contribution in [0, 0.1) is 11.3 Å². The van der Waals surface area contributed by atoms with Crippen molar-refractivity contribution in [1.29, 1.82) is 5.26 Å². The number of hydrogen-bond acceptors (Lipinski definition) is 3. The first kappa shape index (κ1) is 13.2. The van der Waals surface area contributed by atoms with Crippen molar-refractivity contribution in [2.45, 2.75) is 19.9 Å². The van der Waals surface area contributed by atoms with Gasteiger partial charge in [0.15, 0.2) is 0 Å². The lowest BCUT2D eigenvalue weighted by atomic mass is 10.0. The van der Waals surface area contributed by atoms with Crippen molar-refractivity contribution >= 4 is 16.6 Å². The molecule has 0 bridgehead atoms. The van der Waals surface area contributed by atoms with Gasteiger partial charge in [0.05, 0.1) is 12.2 Å². The summed E-state index contributed by atoms with van der Waals surface area (Å²) in [5, 5.41) is 16.0. The number of aryl methyl sites for hydroxylation is 1. The maximum atomic E-state index is 9.20. The fourth-order valence-electron chi connectivity index (χ4n) is 2.61. The first-order valence-corrected chi connectivity index (χ1v) is 6.96. The normalized spacial score (nSPS) is 10.7. The molecule has 0 fully saturated rings. The summed E-state index contributed by atoms with van der Waals surface area (Å²) < 4.78 is 1.72. The van der Waals surface area contributed by atoms with Gasteiger partial charge in [-0.15, -0.1) is 0 Å². The molecule has 1 heterocycles. The van der Waals surface area contributed by atoms with E-state index in [9.17, 15) is 5.26 Å². The zero-order valence-corrected chi connectivity index (χ0v) is 11.9. The van der Waals surface area contributed by atoms with E-state index in [-0.39, 0.29) is 0 Å². The molecule has 0 aliphatic heterocycles. The summed E-state index contributed by atoms with van der Waals surface area (Å²) in [5.74, 6) is 0.447. The van der Waals surface area contributed by atoms with Crippen molar-refractivity contribution in [2.75, 3.05) is 5.73 Å². The van der Waals surface area contributed by atoms with Crippen LogP contribution in [0.1, 0.15) is 23.7 Å². The molecular formula is C17H16N4. The van der Waals surface area contributed by atoms with Crippen LogP contribution in [0.5, 0.6) is 0 Å². The maximum Gasteiger partial charge on any atom is 0.140 e. The van der Waals surface area contributed by atoms with Crippen LogP contribution in [0.25, 0.3) is 10.8 Å². The third kappa shape index (κ3) is 2.23. The van der Waals surface area contributed by atoms with Gasteiger partial charge >= 0.3 is 0 Å². The highest BCUT2D eigenvalue weighted by molar-refractivity contribution is 5.85. The van der Waals surface area contributed by atoms with Crippen molar-refractivity contribution in [3.63, 3.8) is 0 Å². The summed E-state index contributed by atoms with van der Waals surface area (Å²) in [6.07, 6.45) is 0.704. The monoisotopic (exact) mass is 276 g/mol. The molecule has 0 radical (unpaired) electrons. The van der Waals surface area contributed by atoms with Crippen LogP contribution < -0.4 is 5.73 Å². The summed E-state index contributed by atoms with van der Waals surface area (Å²) in [5.41, 5.74) is 8.47. The Hall–Kier alpha value is -2.80. The average molecular weight is 276 g/mol. The molecule has 3 rings (SSSR count). The van der Waals surface area contributed by atoms with Gasteiger partial charge in [-0.2, -0.15) is 10.4 Å². The molecule has 1 aromatic heterocycles. The predicted molar refractivity (Wildman–Crippen MR) is 83.8 cm³/mol. The van der Waals surface area contributed by atoms with Crippen LogP contribution in [0.4, 0.5) is 5.82 Å². The number of nitrogens with zero attached hydrogens (tertiary/aromatic N) is 3. The number of nitriles is 1. The Labute approximate surface area is 123 Å². The Kier molecular flexibility index (Phi) is 3.33. The van der Waals surface area contributed by atoms with Gasteiger partial charge in [-0.1, -0.05) is 49.4 Å². The fourth-order valence-corrected chi connectivity index (χ4v) is 2.61. The number of benzene rings is 2. The van der Waals surface area contributed by atoms with Crippen LogP contribution in [-0.4, -0.2) is 9.78 Å². The minimum Gasteiger partial charge on any atom is -0.383 e. The second-order valence-electron chi connectivity index (χ2n) is 4.97. The van der Waals surface area contributed by atoms with Crippen LogP contribution in [-0.2, 0) is 13.0 Å². The van der Waals surface area contributed by atoms with Crippen LogP contribution >= 0.6 is 0 Å². The number of rotatable bonds is 3. The first-order valence-electron chi connectivity index (χ1n) is 6.96. The van der Waals surface area contributed by atoms with Crippen LogP contribution in [0.15, 0.2) is 42.5 Å². The topological polar surface area (TPSA) is 67.6 Å².